The monoisotopic (exact) mass is 1060 g/mol. The second-order valence-electron chi connectivity index (χ2n) is 18.6. The smallest absolute Gasteiger partial charge is 0.326 e. The van der Waals surface area contributed by atoms with Crippen LogP contribution in [0.5, 0.6) is 0 Å². The highest BCUT2D eigenvalue weighted by atomic mass is 16.4. The number of aliphatic carboxylic acids is 4. The second kappa shape index (κ2) is 32.8. The molecule has 0 unspecified atom stereocenters. The Bertz CT molecular complexity index is 2020. The van der Waals surface area contributed by atoms with Gasteiger partial charge < -0.3 is 85.5 Å². The molecule has 1 aliphatic heterocycles. The van der Waals surface area contributed by atoms with Crippen LogP contribution in [-0.4, -0.2) is 176 Å². The van der Waals surface area contributed by atoms with Crippen molar-refractivity contribution >= 4 is 77.1 Å². The van der Waals surface area contributed by atoms with E-state index in [1.807, 2.05) is 0 Å². The lowest BCUT2D eigenvalue weighted by molar-refractivity contribution is -0.146. The number of carboxylic acid groups (broad SMARTS) is 4. The molecule has 9 atom stereocenters. The minimum absolute atomic E-state index is 0.0293. The number of guanidine groups is 1. The Morgan fingerprint density at radius 2 is 0.986 bits per heavy atom. The molecule has 0 aliphatic carbocycles. The maximum Gasteiger partial charge on any atom is 0.326 e. The van der Waals surface area contributed by atoms with E-state index in [2.05, 4.69) is 42.2 Å². The van der Waals surface area contributed by atoms with Gasteiger partial charge in [0.15, 0.2) is 5.96 Å². The van der Waals surface area contributed by atoms with Crippen molar-refractivity contribution in [3.05, 3.63) is 0 Å². The first kappa shape index (κ1) is 64.8. The van der Waals surface area contributed by atoms with Crippen molar-refractivity contribution in [3.8, 4) is 0 Å². The van der Waals surface area contributed by atoms with Crippen LogP contribution in [-0.2, 0) is 57.5 Å². The molecule has 0 bridgehead atoms. The number of unbranched alkanes of at least 4 members (excludes halogenated alkanes) is 1. The lowest BCUT2D eigenvalue weighted by Gasteiger charge is -2.31. The van der Waals surface area contributed by atoms with Gasteiger partial charge in [-0.05, 0) is 89.5 Å². The summed E-state index contributed by atoms with van der Waals surface area (Å²) in [6, 6.07) is -12.7. The van der Waals surface area contributed by atoms with Crippen molar-refractivity contribution in [3.63, 3.8) is 0 Å². The molecule has 1 fully saturated rings. The quantitative estimate of drug-likeness (QED) is 0.0163. The van der Waals surface area contributed by atoms with E-state index in [4.69, 9.17) is 22.9 Å². The molecule has 0 aromatic heterocycles. The van der Waals surface area contributed by atoms with Crippen LogP contribution in [0.4, 0.5) is 0 Å². The fraction of sp³-hybridized carbons (Fsp3) is 0.711. The van der Waals surface area contributed by atoms with Crippen LogP contribution in [0.3, 0.4) is 0 Å². The van der Waals surface area contributed by atoms with Gasteiger partial charge in [0, 0.05) is 32.4 Å². The largest absolute Gasteiger partial charge is 0.481 e. The van der Waals surface area contributed by atoms with E-state index in [1.165, 1.54) is 4.90 Å². The highest BCUT2D eigenvalue weighted by Crippen LogP contribution is 2.21. The zero-order chi connectivity index (χ0) is 56.4. The van der Waals surface area contributed by atoms with Gasteiger partial charge in [0.2, 0.25) is 47.3 Å². The molecule has 1 saturated heterocycles. The standard InChI is InChI=1S/C45H77N13O16/c1-22(2)34(47)42(71)55-28(15-18-33(63)64)40(69)54-26(13-16-31(59)60)37(66)51-24(5)36(65)52-27(14-17-32(61)62)39(68)53-25(10-6-7-19-46)38(67)56-29(11-8-20-50-45(48)49)43(72)58-21-9-12-30(58)41(70)57-35(23(3)4)44(73)74/h22-30,34-35H,6-21,46-47H2,1-5H3,(H,51,66)(H,52,65)(H,53,68)(H,54,69)(H,55,71)(H,56,67)(H,57,70)(H,59,60)(H,61,62)(H,63,64)(H,73,74)(H4,48,49,50)/t24-,25-,26-,27-,28-,29-,30-,34-,35-/m0/s1. The second-order valence-corrected chi connectivity index (χ2v) is 18.6. The van der Waals surface area contributed by atoms with Gasteiger partial charge in [0.05, 0.1) is 6.04 Å². The molecular formula is C45H77N13O16. The molecular weight excluding hydrogens is 979 g/mol. The van der Waals surface area contributed by atoms with Crippen LogP contribution in [0.15, 0.2) is 4.99 Å². The Labute approximate surface area is 428 Å². The topological polar surface area (TPSA) is 490 Å². The van der Waals surface area contributed by atoms with Crippen molar-refractivity contribution in [2.75, 3.05) is 19.6 Å². The van der Waals surface area contributed by atoms with Gasteiger partial charge in [-0.25, -0.2) is 4.79 Å². The number of nitrogens with two attached hydrogens (primary N) is 4. The van der Waals surface area contributed by atoms with E-state index >= 15 is 0 Å². The lowest BCUT2D eigenvalue weighted by atomic mass is 10.0. The number of hydrogen-bond donors (Lipinski definition) is 15. The summed E-state index contributed by atoms with van der Waals surface area (Å²) in [6.07, 6.45) is -2.35. The normalized spacial score (nSPS) is 16.4. The van der Waals surface area contributed by atoms with Crippen molar-refractivity contribution in [2.24, 2.45) is 39.8 Å². The van der Waals surface area contributed by atoms with Gasteiger partial charge in [-0.1, -0.05) is 27.7 Å². The first-order valence-corrected chi connectivity index (χ1v) is 24.4. The summed E-state index contributed by atoms with van der Waals surface area (Å²) in [6.45, 7) is 7.89. The minimum atomic E-state index is -1.68. The van der Waals surface area contributed by atoms with Gasteiger partial charge in [-0.3, -0.25) is 57.7 Å². The maximum atomic E-state index is 14.2. The van der Waals surface area contributed by atoms with Crippen LogP contribution in [0.25, 0.3) is 0 Å². The highest BCUT2D eigenvalue weighted by Gasteiger charge is 2.40. The summed E-state index contributed by atoms with van der Waals surface area (Å²) in [5, 5.41) is 54.7. The number of amides is 8. The number of carbonyl (C=O) groups excluding carboxylic acids is 8. The molecule has 0 radical (unpaired) electrons. The van der Waals surface area contributed by atoms with E-state index in [0.29, 0.717) is 12.8 Å². The number of aliphatic imine (C=N–C) groups is 1. The molecule has 1 rings (SSSR count). The molecule has 0 aromatic carbocycles. The summed E-state index contributed by atoms with van der Waals surface area (Å²) in [4.78, 5) is 161. The molecule has 1 heterocycles. The van der Waals surface area contributed by atoms with Crippen LogP contribution < -0.4 is 60.2 Å². The van der Waals surface area contributed by atoms with Gasteiger partial charge >= 0.3 is 23.9 Å². The third kappa shape index (κ3) is 23.6. The lowest BCUT2D eigenvalue weighted by Crippen LogP contribution is -2.60. The fourth-order valence-corrected chi connectivity index (χ4v) is 7.46. The van der Waals surface area contributed by atoms with Crippen LogP contribution in [0, 0.1) is 11.8 Å². The molecule has 29 heteroatoms. The average Bonchev–Trinajstić information content (AvgIpc) is 3.81. The van der Waals surface area contributed by atoms with Crippen molar-refractivity contribution < 1.29 is 78.0 Å². The molecule has 29 nitrogen and oxygen atoms in total. The highest BCUT2D eigenvalue weighted by molar-refractivity contribution is 5.98. The number of nitrogens with zero attached hydrogens (tertiary/aromatic N) is 2. The van der Waals surface area contributed by atoms with Gasteiger partial charge in [0.1, 0.15) is 48.3 Å². The summed E-state index contributed by atoms with van der Waals surface area (Å²) in [5.74, 6) is -13.9. The Kier molecular flexibility index (Phi) is 28.8. The minimum Gasteiger partial charge on any atom is -0.481 e. The molecule has 8 amide bonds. The molecule has 0 spiro atoms. The van der Waals surface area contributed by atoms with Crippen molar-refractivity contribution in [1.29, 1.82) is 0 Å². The number of rotatable bonds is 35. The van der Waals surface area contributed by atoms with Crippen LogP contribution >= 0.6 is 0 Å². The molecule has 0 aromatic rings. The van der Waals surface area contributed by atoms with Crippen molar-refractivity contribution in [1.82, 2.24) is 42.1 Å². The third-order valence-electron chi connectivity index (χ3n) is 11.8. The number of hydrogen-bond acceptors (Lipinski definition) is 15. The van der Waals surface area contributed by atoms with E-state index in [0.717, 1.165) is 6.92 Å². The van der Waals surface area contributed by atoms with E-state index in [-0.39, 0.29) is 57.7 Å². The predicted octanol–water partition coefficient (Wildman–Crippen LogP) is -4.11. The Balaban J connectivity index is 3.46. The van der Waals surface area contributed by atoms with Crippen molar-refractivity contribution in [2.45, 2.75) is 172 Å². The Hall–Kier alpha value is -7.17. The average molecular weight is 1060 g/mol. The third-order valence-corrected chi connectivity index (χ3v) is 11.8. The molecule has 418 valence electrons. The summed E-state index contributed by atoms with van der Waals surface area (Å²) >= 11 is 0. The van der Waals surface area contributed by atoms with Gasteiger partial charge in [-0.15, -0.1) is 0 Å². The molecule has 1 aliphatic rings. The Morgan fingerprint density at radius 1 is 0.554 bits per heavy atom. The van der Waals surface area contributed by atoms with Gasteiger partial charge in [0.25, 0.3) is 0 Å². The number of nitrogens with one attached hydrogen (secondary N) is 7. The first-order chi connectivity index (χ1) is 34.6. The first-order valence-electron chi connectivity index (χ1n) is 24.4. The number of carbonyl (C=O) groups is 12. The van der Waals surface area contributed by atoms with Crippen LogP contribution in [0.2, 0.25) is 0 Å². The number of likely N-dealkylation sites (tertiary alicyclic amines) is 1. The SMILES string of the molecule is CC(C)[C@H](N)C(=O)N[C@@H](CCC(=O)O)C(=O)N[C@@H](CCC(=O)O)C(=O)N[C@@H](C)C(=O)N[C@@H](CCC(=O)O)C(=O)N[C@@H](CCCCN)C(=O)N[C@@H](CCCN=C(N)N)C(=O)N1CCC[C@H]1C(=O)N[C@H](C(=O)O)C(C)C. The molecule has 0 saturated carbocycles. The van der Waals surface area contributed by atoms with Gasteiger partial charge in [-0.2, -0.15) is 0 Å². The summed E-state index contributed by atoms with van der Waals surface area (Å²) in [7, 11) is 0. The maximum absolute atomic E-state index is 14.2. The van der Waals surface area contributed by atoms with E-state index in [1.54, 1.807) is 27.7 Å². The molecule has 74 heavy (non-hydrogen) atoms. The number of carboxylic acids is 4. The summed E-state index contributed by atoms with van der Waals surface area (Å²) in [5.41, 5.74) is 22.5. The zero-order valence-corrected chi connectivity index (χ0v) is 42.6. The molecule has 19 N–H and O–H groups in total. The Morgan fingerprint density at radius 3 is 1.42 bits per heavy atom. The summed E-state index contributed by atoms with van der Waals surface area (Å²) < 4.78 is 0. The predicted molar refractivity (Wildman–Crippen MR) is 263 cm³/mol. The van der Waals surface area contributed by atoms with Crippen LogP contribution in [0.1, 0.15) is 118 Å². The van der Waals surface area contributed by atoms with E-state index < -0.39 is 176 Å². The zero-order valence-electron chi connectivity index (χ0n) is 42.6. The van der Waals surface area contributed by atoms with E-state index in [9.17, 15) is 78.0 Å². The fourth-order valence-electron chi connectivity index (χ4n) is 7.46.